The number of hydrogen-bond donors (Lipinski definition) is 2. The lowest BCUT2D eigenvalue weighted by Gasteiger charge is -2.15. The van der Waals surface area contributed by atoms with Crippen LogP contribution in [0, 0.1) is 0 Å². The molecule has 0 spiro atoms. The van der Waals surface area contributed by atoms with Gasteiger partial charge < -0.3 is 10.6 Å². The fourth-order valence-electron chi connectivity index (χ4n) is 2.60. The minimum absolute atomic E-state index is 0.00350. The van der Waals surface area contributed by atoms with Gasteiger partial charge in [0.05, 0.1) is 17.5 Å². The van der Waals surface area contributed by atoms with Crippen LogP contribution in [0.2, 0.25) is 0 Å². The van der Waals surface area contributed by atoms with E-state index in [4.69, 9.17) is 0 Å². The number of anilines is 2. The molecule has 0 bridgehead atoms. The van der Waals surface area contributed by atoms with E-state index in [0.717, 1.165) is 0 Å². The van der Waals surface area contributed by atoms with Crippen LogP contribution in [0.3, 0.4) is 0 Å². The molecule has 2 amide bonds. The minimum atomic E-state index is -5.01. The van der Waals surface area contributed by atoms with Gasteiger partial charge in [-0.05, 0) is 42.0 Å². The molecule has 1 aliphatic heterocycles. The van der Waals surface area contributed by atoms with Crippen molar-refractivity contribution in [3.05, 3.63) is 58.7 Å². The standard InChI is InChI=1S/C17H10F6N2O2/c18-16(19,20)10-5-11(17(21,22)23)7-12(6-10)24-15(27)8-1-2-13-9(3-8)4-14(26)25-13/h1-3,5-7H,4H2,(H,24,27)(H,25,26). The summed E-state index contributed by atoms with van der Waals surface area (Å²) >= 11 is 0. The Morgan fingerprint density at radius 3 is 2.07 bits per heavy atom. The maximum Gasteiger partial charge on any atom is 0.416 e. The molecule has 2 aromatic carbocycles. The van der Waals surface area contributed by atoms with Gasteiger partial charge in [0.25, 0.3) is 5.91 Å². The number of hydrogen-bond acceptors (Lipinski definition) is 2. The number of nitrogens with one attached hydrogen (secondary N) is 2. The number of rotatable bonds is 2. The number of fused-ring (bicyclic) bond motifs is 1. The van der Waals surface area contributed by atoms with Crippen molar-refractivity contribution in [2.45, 2.75) is 18.8 Å². The number of alkyl halides is 6. The molecule has 0 atom stereocenters. The number of carbonyl (C=O) groups is 2. The number of carbonyl (C=O) groups excluding carboxylic acids is 2. The summed E-state index contributed by atoms with van der Waals surface area (Å²) < 4.78 is 77.2. The quantitative estimate of drug-likeness (QED) is 0.746. The molecule has 0 aliphatic carbocycles. The van der Waals surface area contributed by atoms with Gasteiger partial charge >= 0.3 is 12.4 Å². The first-order valence-corrected chi connectivity index (χ1v) is 7.47. The summed E-state index contributed by atoms with van der Waals surface area (Å²) in [6.07, 6.45) is -10.0. The summed E-state index contributed by atoms with van der Waals surface area (Å²) in [5.41, 5.74) is -2.71. The van der Waals surface area contributed by atoms with Crippen molar-refractivity contribution in [2.24, 2.45) is 0 Å². The maximum absolute atomic E-state index is 12.9. The Morgan fingerprint density at radius 2 is 1.52 bits per heavy atom. The zero-order valence-corrected chi connectivity index (χ0v) is 13.3. The van der Waals surface area contributed by atoms with Crippen LogP contribution in [0.15, 0.2) is 36.4 Å². The summed E-state index contributed by atoms with van der Waals surface area (Å²) in [4.78, 5) is 23.5. The Hall–Kier alpha value is -3.04. The molecule has 0 radical (unpaired) electrons. The Kier molecular flexibility index (Phi) is 4.37. The first-order valence-electron chi connectivity index (χ1n) is 7.47. The second-order valence-corrected chi connectivity index (χ2v) is 5.85. The van der Waals surface area contributed by atoms with Gasteiger partial charge in [-0.15, -0.1) is 0 Å². The van der Waals surface area contributed by atoms with Crippen molar-refractivity contribution >= 4 is 23.2 Å². The second kappa shape index (κ2) is 6.29. The molecule has 0 fully saturated rings. The lowest BCUT2D eigenvalue weighted by atomic mass is 10.1. The Labute approximate surface area is 148 Å². The van der Waals surface area contributed by atoms with Gasteiger partial charge in [0.15, 0.2) is 0 Å². The van der Waals surface area contributed by atoms with Crippen molar-refractivity contribution in [3.63, 3.8) is 0 Å². The molecule has 2 aromatic rings. The van der Waals surface area contributed by atoms with Gasteiger partial charge in [0.2, 0.25) is 5.91 Å². The van der Waals surface area contributed by atoms with Gasteiger partial charge in [-0.25, -0.2) is 0 Å². The Morgan fingerprint density at radius 1 is 0.926 bits per heavy atom. The monoisotopic (exact) mass is 388 g/mol. The summed E-state index contributed by atoms with van der Waals surface area (Å²) in [6, 6.07) is 4.90. The molecule has 1 heterocycles. The molecular formula is C17H10F6N2O2. The largest absolute Gasteiger partial charge is 0.416 e. The number of halogens is 6. The first kappa shape index (κ1) is 18.7. The van der Waals surface area contributed by atoms with E-state index < -0.39 is 35.1 Å². The zero-order chi connectivity index (χ0) is 20.0. The fraction of sp³-hybridized carbons (Fsp3) is 0.176. The highest BCUT2D eigenvalue weighted by molar-refractivity contribution is 6.06. The van der Waals surface area contributed by atoms with E-state index in [2.05, 4.69) is 5.32 Å². The summed E-state index contributed by atoms with van der Waals surface area (Å²) in [7, 11) is 0. The van der Waals surface area contributed by atoms with Gasteiger partial charge in [-0.2, -0.15) is 26.3 Å². The van der Waals surface area contributed by atoms with Crippen molar-refractivity contribution in [2.75, 3.05) is 10.6 Å². The lowest BCUT2D eigenvalue weighted by Crippen LogP contribution is -2.16. The van der Waals surface area contributed by atoms with Crippen LogP contribution in [0.4, 0.5) is 37.7 Å². The van der Waals surface area contributed by atoms with Crippen LogP contribution in [0.1, 0.15) is 27.0 Å². The predicted molar refractivity (Wildman–Crippen MR) is 83.2 cm³/mol. The molecule has 0 aromatic heterocycles. The van der Waals surface area contributed by atoms with E-state index in [9.17, 15) is 35.9 Å². The number of amides is 2. The van der Waals surface area contributed by atoms with E-state index in [0.29, 0.717) is 23.4 Å². The van der Waals surface area contributed by atoms with E-state index >= 15 is 0 Å². The zero-order valence-electron chi connectivity index (χ0n) is 13.3. The van der Waals surface area contributed by atoms with E-state index in [1.807, 2.05) is 5.32 Å². The molecule has 0 saturated carbocycles. The molecule has 10 heteroatoms. The van der Waals surface area contributed by atoms with Crippen molar-refractivity contribution in [1.82, 2.24) is 0 Å². The van der Waals surface area contributed by atoms with Crippen molar-refractivity contribution in [1.29, 1.82) is 0 Å². The average Bonchev–Trinajstić information content (AvgIpc) is 2.92. The summed E-state index contributed by atoms with van der Waals surface area (Å²) in [5.74, 6) is -1.18. The molecule has 27 heavy (non-hydrogen) atoms. The maximum atomic E-state index is 12.9. The minimum Gasteiger partial charge on any atom is -0.326 e. The SMILES string of the molecule is O=C1Cc2cc(C(=O)Nc3cc(C(F)(F)F)cc(C(F)(F)F)c3)ccc2N1. The smallest absolute Gasteiger partial charge is 0.326 e. The summed E-state index contributed by atoms with van der Waals surface area (Å²) in [6.45, 7) is 0. The van der Waals surface area contributed by atoms with Crippen LogP contribution in [0.5, 0.6) is 0 Å². The average molecular weight is 388 g/mol. The third-order valence-electron chi connectivity index (χ3n) is 3.84. The highest BCUT2D eigenvalue weighted by atomic mass is 19.4. The van der Waals surface area contributed by atoms with Crippen molar-refractivity contribution < 1.29 is 35.9 Å². The molecule has 3 rings (SSSR count). The van der Waals surface area contributed by atoms with Crippen LogP contribution in [-0.2, 0) is 23.6 Å². The van der Waals surface area contributed by atoms with Gasteiger partial charge in [0, 0.05) is 16.9 Å². The predicted octanol–water partition coefficient (Wildman–Crippen LogP) is 4.47. The van der Waals surface area contributed by atoms with Crippen LogP contribution in [-0.4, -0.2) is 11.8 Å². The molecule has 2 N–H and O–H groups in total. The van der Waals surface area contributed by atoms with E-state index in [-0.39, 0.29) is 24.0 Å². The van der Waals surface area contributed by atoms with Crippen LogP contribution >= 0.6 is 0 Å². The molecule has 1 aliphatic rings. The van der Waals surface area contributed by atoms with Gasteiger partial charge in [0.1, 0.15) is 0 Å². The van der Waals surface area contributed by atoms with E-state index in [1.165, 1.54) is 18.2 Å². The number of benzene rings is 2. The molecule has 4 nitrogen and oxygen atoms in total. The highest BCUT2D eigenvalue weighted by Crippen LogP contribution is 2.37. The van der Waals surface area contributed by atoms with Gasteiger partial charge in [-0.1, -0.05) is 0 Å². The highest BCUT2D eigenvalue weighted by Gasteiger charge is 2.37. The topological polar surface area (TPSA) is 58.2 Å². The Balaban J connectivity index is 1.92. The molecule has 142 valence electrons. The lowest BCUT2D eigenvalue weighted by molar-refractivity contribution is -0.143. The van der Waals surface area contributed by atoms with E-state index in [1.54, 1.807) is 0 Å². The fourth-order valence-corrected chi connectivity index (χ4v) is 2.60. The van der Waals surface area contributed by atoms with Crippen LogP contribution < -0.4 is 10.6 Å². The second-order valence-electron chi connectivity index (χ2n) is 5.85. The normalized spacial score (nSPS) is 13.9. The van der Waals surface area contributed by atoms with Gasteiger partial charge in [-0.3, -0.25) is 9.59 Å². The molecular weight excluding hydrogens is 378 g/mol. The first-order chi connectivity index (χ1) is 12.4. The molecule has 0 saturated heterocycles. The third-order valence-corrected chi connectivity index (χ3v) is 3.84. The Bertz CT molecular complexity index is 902. The molecule has 0 unspecified atom stereocenters. The van der Waals surface area contributed by atoms with Crippen molar-refractivity contribution in [3.8, 4) is 0 Å². The third kappa shape index (κ3) is 4.04. The summed E-state index contributed by atoms with van der Waals surface area (Å²) in [5, 5.41) is 4.58. The van der Waals surface area contributed by atoms with Crippen LogP contribution in [0.25, 0.3) is 0 Å².